The molecule has 0 saturated heterocycles. The summed E-state index contributed by atoms with van der Waals surface area (Å²) in [6.45, 7) is 5.38. The van der Waals surface area contributed by atoms with Gasteiger partial charge >= 0.3 is 0 Å². The van der Waals surface area contributed by atoms with Crippen LogP contribution in [0, 0.1) is 6.92 Å². The third-order valence-electron chi connectivity index (χ3n) is 3.78. The number of hydrogen-bond acceptors (Lipinski definition) is 5. The van der Waals surface area contributed by atoms with Gasteiger partial charge in [0.05, 0.1) is 10.9 Å². The molecule has 0 spiro atoms. The van der Waals surface area contributed by atoms with Gasteiger partial charge in [-0.2, -0.15) is 0 Å². The van der Waals surface area contributed by atoms with Crippen molar-refractivity contribution >= 4 is 55.3 Å². The van der Waals surface area contributed by atoms with Crippen molar-refractivity contribution in [1.82, 2.24) is 10.9 Å². The zero-order valence-electron chi connectivity index (χ0n) is 16.1. The fraction of sp³-hybridized carbons (Fsp3) is 0.150. The molecule has 2 aromatic carbocycles. The SMILES string of the molecule is C=C(CC(=O)Nc1ccc(C(N)=O)cc1)NNC(=O)COc1cc(C)c(Br)cc1Br. The van der Waals surface area contributed by atoms with Gasteiger partial charge in [-0.1, -0.05) is 22.5 Å². The molecule has 0 bridgehead atoms. The Bertz CT molecular complexity index is 978. The minimum absolute atomic E-state index is 0.0733. The summed E-state index contributed by atoms with van der Waals surface area (Å²) in [6.07, 6.45) is -0.0733. The molecule has 158 valence electrons. The number of carbonyl (C=O) groups excluding carboxylic acids is 3. The van der Waals surface area contributed by atoms with Gasteiger partial charge in [-0.05, 0) is 64.8 Å². The van der Waals surface area contributed by atoms with Crippen LogP contribution in [0.25, 0.3) is 0 Å². The lowest BCUT2D eigenvalue weighted by molar-refractivity contribution is -0.124. The number of anilines is 1. The normalized spacial score (nSPS) is 10.1. The van der Waals surface area contributed by atoms with E-state index in [9.17, 15) is 14.4 Å². The molecule has 0 aliphatic rings. The maximum Gasteiger partial charge on any atom is 0.276 e. The van der Waals surface area contributed by atoms with Crippen molar-refractivity contribution in [2.75, 3.05) is 11.9 Å². The highest BCUT2D eigenvalue weighted by Crippen LogP contribution is 2.31. The van der Waals surface area contributed by atoms with E-state index in [0.717, 1.165) is 10.0 Å². The highest BCUT2D eigenvalue weighted by molar-refractivity contribution is 9.11. The molecule has 0 aliphatic carbocycles. The minimum atomic E-state index is -0.548. The molecule has 2 aromatic rings. The first-order chi connectivity index (χ1) is 14.2. The number of rotatable bonds is 9. The third-order valence-corrected chi connectivity index (χ3v) is 5.25. The lowest BCUT2D eigenvalue weighted by Gasteiger charge is -2.13. The van der Waals surface area contributed by atoms with Gasteiger partial charge in [-0.25, -0.2) is 0 Å². The number of nitrogens with one attached hydrogen (secondary N) is 3. The number of hydrogen-bond donors (Lipinski definition) is 4. The number of amides is 3. The van der Waals surface area contributed by atoms with Gasteiger partial charge in [-0.3, -0.25) is 19.8 Å². The summed E-state index contributed by atoms with van der Waals surface area (Å²) in [6, 6.07) is 9.79. The molecule has 0 saturated carbocycles. The monoisotopic (exact) mass is 538 g/mol. The Hall–Kier alpha value is -2.85. The molecule has 0 aromatic heterocycles. The summed E-state index contributed by atoms with van der Waals surface area (Å²) in [5.41, 5.74) is 12.3. The average molecular weight is 540 g/mol. The van der Waals surface area contributed by atoms with Gasteiger partial charge in [0.25, 0.3) is 5.91 Å². The first kappa shape index (κ1) is 23.4. The van der Waals surface area contributed by atoms with Crippen LogP contribution in [0.5, 0.6) is 5.75 Å². The molecule has 0 aliphatic heterocycles. The van der Waals surface area contributed by atoms with E-state index in [4.69, 9.17) is 10.5 Å². The van der Waals surface area contributed by atoms with Crippen molar-refractivity contribution in [2.45, 2.75) is 13.3 Å². The van der Waals surface area contributed by atoms with Crippen LogP contribution in [0.4, 0.5) is 5.69 Å². The Morgan fingerprint density at radius 1 is 1.03 bits per heavy atom. The molecule has 10 heteroatoms. The lowest BCUT2D eigenvalue weighted by Crippen LogP contribution is -2.40. The molecule has 0 atom stereocenters. The average Bonchev–Trinajstić information content (AvgIpc) is 2.68. The summed E-state index contributed by atoms with van der Waals surface area (Å²) >= 11 is 6.79. The number of halogens is 2. The maximum atomic E-state index is 12.0. The fourth-order valence-electron chi connectivity index (χ4n) is 2.24. The minimum Gasteiger partial charge on any atom is -0.483 e. The summed E-state index contributed by atoms with van der Waals surface area (Å²) in [5, 5.41) is 2.65. The zero-order valence-corrected chi connectivity index (χ0v) is 19.2. The quantitative estimate of drug-likeness (QED) is 0.364. The van der Waals surface area contributed by atoms with E-state index < -0.39 is 11.8 Å². The van der Waals surface area contributed by atoms with Gasteiger partial charge in [0.2, 0.25) is 11.8 Å². The number of ether oxygens (including phenoxy) is 1. The van der Waals surface area contributed by atoms with Crippen LogP contribution in [0.15, 0.2) is 57.6 Å². The van der Waals surface area contributed by atoms with E-state index in [1.165, 1.54) is 12.1 Å². The van der Waals surface area contributed by atoms with Crippen molar-refractivity contribution < 1.29 is 19.1 Å². The van der Waals surface area contributed by atoms with Crippen LogP contribution < -0.4 is 26.6 Å². The van der Waals surface area contributed by atoms with Gasteiger partial charge in [-0.15, -0.1) is 0 Å². The first-order valence-electron chi connectivity index (χ1n) is 8.66. The number of nitrogens with two attached hydrogens (primary N) is 1. The van der Waals surface area contributed by atoms with E-state index in [1.54, 1.807) is 18.2 Å². The highest BCUT2D eigenvalue weighted by Gasteiger charge is 2.10. The Balaban J connectivity index is 1.74. The second-order valence-electron chi connectivity index (χ2n) is 6.26. The molecule has 0 radical (unpaired) electrons. The van der Waals surface area contributed by atoms with E-state index >= 15 is 0 Å². The van der Waals surface area contributed by atoms with Crippen LogP contribution in [0.3, 0.4) is 0 Å². The Morgan fingerprint density at radius 3 is 2.33 bits per heavy atom. The molecule has 3 amide bonds. The van der Waals surface area contributed by atoms with Crippen LogP contribution in [0.1, 0.15) is 22.3 Å². The van der Waals surface area contributed by atoms with Crippen LogP contribution >= 0.6 is 31.9 Å². The number of aryl methyl sites for hydroxylation is 1. The van der Waals surface area contributed by atoms with Crippen molar-refractivity contribution in [3.05, 3.63) is 68.7 Å². The van der Waals surface area contributed by atoms with Crippen LogP contribution in [0.2, 0.25) is 0 Å². The predicted molar refractivity (Wildman–Crippen MR) is 121 cm³/mol. The second kappa shape index (κ2) is 10.8. The predicted octanol–water partition coefficient (Wildman–Crippen LogP) is 3.16. The summed E-state index contributed by atoms with van der Waals surface area (Å²) < 4.78 is 7.13. The molecule has 0 heterocycles. The maximum absolute atomic E-state index is 12.0. The molecule has 5 N–H and O–H groups in total. The van der Waals surface area contributed by atoms with E-state index in [0.29, 0.717) is 21.5 Å². The molecule has 8 nitrogen and oxygen atoms in total. The standard InChI is InChI=1S/C20H20Br2N4O4/c1-11-7-17(16(22)9-15(11)21)30-10-19(28)26-25-12(2)8-18(27)24-14-5-3-13(4-6-14)20(23)29/h3-7,9,25H,2,8,10H2,1H3,(H2,23,29)(H,24,27)(H,26,28). The molecular weight excluding hydrogens is 520 g/mol. The Kier molecular flexibility index (Phi) is 8.43. The highest BCUT2D eigenvalue weighted by atomic mass is 79.9. The van der Waals surface area contributed by atoms with Gasteiger partial charge in [0.15, 0.2) is 6.61 Å². The van der Waals surface area contributed by atoms with E-state index in [2.05, 4.69) is 54.6 Å². The van der Waals surface area contributed by atoms with Crippen LogP contribution in [-0.4, -0.2) is 24.3 Å². The molecular formula is C20H20Br2N4O4. The summed E-state index contributed by atoms with van der Waals surface area (Å²) in [5.74, 6) is -0.802. The lowest BCUT2D eigenvalue weighted by atomic mass is 10.2. The number of hydrazine groups is 1. The van der Waals surface area contributed by atoms with Crippen molar-refractivity contribution in [3.8, 4) is 5.75 Å². The number of primary amides is 1. The third kappa shape index (κ3) is 7.20. The molecule has 0 unspecified atom stereocenters. The zero-order chi connectivity index (χ0) is 22.3. The largest absolute Gasteiger partial charge is 0.483 e. The van der Waals surface area contributed by atoms with E-state index in [-0.39, 0.29) is 24.6 Å². The second-order valence-corrected chi connectivity index (χ2v) is 7.97. The van der Waals surface area contributed by atoms with Crippen molar-refractivity contribution in [3.63, 3.8) is 0 Å². The summed E-state index contributed by atoms with van der Waals surface area (Å²) in [4.78, 5) is 35.0. The van der Waals surface area contributed by atoms with Gasteiger partial charge in [0.1, 0.15) is 5.75 Å². The topological polar surface area (TPSA) is 123 Å². The smallest absolute Gasteiger partial charge is 0.276 e. The molecule has 2 rings (SSSR count). The van der Waals surface area contributed by atoms with Crippen molar-refractivity contribution in [1.29, 1.82) is 0 Å². The van der Waals surface area contributed by atoms with E-state index in [1.807, 2.05) is 13.0 Å². The first-order valence-corrected chi connectivity index (χ1v) is 10.2. The molecule has 0 fully saturated rings. The fourth-order valence-corrected chi connectivity index (χ4v) is 3.35. The molecule has 30 heavy (non-hydrogen) atoms. The van der Waals surface area contributed by atoms with Crippen molar-refractivity contribution in [2.24, 2.45) is 5.73 Å². The van der Waals surface area contributed by atoms with Crippen LogP contribution in [-0.2, 0) is 9.59 Å². The number of benzene rings is 2. The number of carbonyl (C=O) groups is 3. The van der Waals surface area contributed by atoms with Gasteiger partial charge in [0, 0.05) is 21.4 Å². The Labute approximate surface area is 190 Å². The van der Waals surface area contributed by atoms with Gasteiger partial charge < -0.3 is 21.2 Å². The Morgan fingerprint density at radius 2 is 1.70 bits per heavy atom. The summed E-state index contributed by atoms with van der Waals surface area (Å²) in [7, 11) is 0.